The summed E-state index contributed by atoms with van der Waals surface area (Å²) in [6.45, 7) is 101. The van der Waals surface area contributed by atoms with Gasteiger partial charge in [0.2, 0.25) is 0 Å². The predicted octanol–water partition coefficient (Wildman–Crippen LogP) is 29.7. The van der Waals surface area contributed by atoms with Gasteiger partial charge in [-0.25, -0.2) is 0 Å². The van der Waals surface area contributed by atoms with Crippen molar-refractivity contribution in [2.75, 3.05) is 26.2 Å². The highest BCUT2D eigenvalue weighted by Crippen LogP contribution is 2.42. The number of hydrogen-bond donors (Lipinski definition) is 6. The molecule has 0 radical (unpaired) electrons. The van der Waals surface area contributed by atoms with Crippen LogP contribution in [0.1, 0.15) is 437 Å². The van der Waals surface area contributed by atoms with Gasteiger partial charge in [-0.15, -0.1) is 0 Å². The normalized spacial score (nSPS) is 21.6. The molecule has 0 amide bonds. The Balaban J connectivity index is 0.000000378. The fourth-order valence-electron chi connectivity index (χ4n) is 22.9. The standard InChI is InChI=1S/C16H25N.3C15H23N.C13H27N.C11H23N.2C10H21N.2C8H19N/c1-12(2)16(17-13(3)4)10-9-14-7-5-6-8-15(14)11-16;1-11(2)15(16-12(3)4)9-13-7-5-6-8-14(13)10-15;2*1-11(2)15-14-8-6-5-7-13(14)9-10-16(15)12(3)4;1-10(2)13(14-11(3)4)12-8-6-5-7-9-12;1-9(2)11(12-10(3)4)7-5-6-8-11;2*1-8(2)10-6-5-7-11(10)9(3)4;2*1-6(2)8(5)9-7(3)4/h5-8,12-13,17H,9-11H2,1-4H3;5-8,11-12,16H,9-10H2,1-4H3;2*5-8,11-12,15H,9-10H2,1-4H3;10-14H,5-9H2,1-4H3;9-10,12H,5-8H2,1-4H3;2*8-10H,5-7H2,1-4H3;2*6-9H,1-5H3/t;;2*15-;13-;;2*10-;2*8-/m..101.1010/s1. The number of rotatable bonds is 27. The summed E-state index contributed by atoms with van der Waals surface area (Å²) in [5.74, 6) is 8.36. The van der Waals surface area contributed by atoms with Crippen molar-refractivity contribution in [1.29, 1.82) is 0 Å². The number of hydrogen-bond acceptors (Lipinski definition) is 10. The summed E-state index contributed by atoms with van der Waals surface area (Å²) < 4.78 is 0. The third kappa shape index (κ3) is 41.4. The molecule has 1 unspecified atom stereocenters. The topological polar surface area (TPSA) is 85.1 Å². The van der Waals surface area contributed by atoms with E-state index in [-0.39, 0.29) is 5.54 Å². The molecule has 12 rings (SSSR count). The van der Waals surface area contributed by atoms with Crippen LogP contribution in [-0.2, 0) is 38.5 Å². The maximum Gasteiger partial charge on any atom is 0.0376 e. The molecule has 8 atom stereocenters. The molecule has 4 heterocycles. The first-order valence-electron chi connectivity index (χ1n) is 55.2. The van der Waals surface area contributed by atoms with Crippen LogP contribution in [0.3, 0.4) is 0 Å². The first kappa shape index (κ1) is 122. The summed E-state index contributed by atoms with van der Waals surface area (Å²) in [5.41, 5.74) is 13.4. The number of benzene rings is 4. The van der Waals surface area contributed by atoms with Crippen LogP contribution in [0.5, 0.6) is 0 Å². The Labute approximate surface area is 817 Å². The van der Waals surface area contributed by atoms with E-state index in [1.807, 2.05) is 0 Å². The second-order valence-corrected chi connectivity index (χ2v) is 48.3. The highest BCUT2D eigenvalue weighted by Gasteiger charge is 2.42. The average molecular weight is 1820 g/mol. The first-order valence-corrected chi connectivity index (χ1v) is 55.2. The molecule has 0 bridgehead atoms. The molecule has 4 aromatic carbocycles. The Morgan fingerprint density at radius 2 is 0.573 bits per heavy atom. The van der Waals surface area contributed by atoms with E-state index in [1.165, 1.54) is 166 Å². The minimum Gasteiger partial charge on any atom is -0.312 e. The van der Waals surface area contributed by atoms with Crippen LogP contribution in [-0.4, -0.2) is 153 Å². The second-order valence-electron chi connectivity index (χ2n) is 48.3. The maximum atomic E-state index is 3.84. The molecule has 4 fully saturated rings. The molecule has 2 saturated heterocycles. The van der Waals surface area contributed by atoms with Gasteiger partial charge in [-0.2, -0.15) is 0 Å². The van der Waals surface area contributed by atoms with Gasteiger partial charge < -0.3 is 31.9 Å². The Bertz CT molecular complexity index is 3380. The molecule has 8 aliphatic rings. The maximum absolute atomic E-state index is 3.84. The zero-order chi connectivity index (χ0) is 99.1. The Morgan fingerprint density at radius 3 is 0.863 bits per heavy atom. The van der Waals surface area contributed by atoms with Gasteiger partial charge in [-0.05, 0) is 288 Å². The summed E-state index contributed by atoms with van der Waals surface area (Å²) in [7, 11) is 0. The van der Waals surface area contributed by atoms with E-state index in [2.05, 4.69) is 439 Å². The molecule has 10 nitrogen and oxygen atoms in total. The lowest BCUT2D eigenvalue weighted by atomic mass is 9.71. The highest BCUT2D eigenvalue weighted by atomic mass is 15.2. The zero-order valence-corrected chi connectivity index (χ0v) is 94.7. The van der Waals surface area contributed by atoms with Gasteiger partial charge >= 0.3 is 0 Å². The number of nitrogens with one attached hydrogen (secondary N) is 6. The molecule has 2 saturated carbocycles. The van der Waals surface area contributed by atoms with Gasteiger partial charge in [-0.1, -0.05) is 351 Å². The minimum absolute atomic E-state index is 0.276. The molecule has 0 spiro atoms. The minimum atomic E-state index is 0.276. The summed E-state index contributed by atoms with van der Waals surface area (Å²) in [6, 6.07) is 47.0. The van der Waals surface area contributed by atoms with Gasteiger partial charge in [0, 0.05) is 132 Å². The summed E-state index contributed by atoms with van der Waals surface area (Å²) in [4.78, 5) is 10.6. The monoisotopic (exact) mass is 1820 g/mol. The molecule has 131 heavy (non-hydrogen) atoms. The summed E-state index contributed by atoms with van der Waals surface area (Å²) in [6.07, 6.45) is 26.9. The highest BCUT2D eigenvalue weighted by molar-refractivity contribution is 5.38. The van der Waals surface area contributed by atoms with Crippen LogP contribution in [0.25, 0.3) is 0 Å². The Kier molecular flexibility index (Phi) is 56.8. The fourth-order valence-corrected chi connectivity index (χ4v) is 22.9. The third-order valence-corrected chi connectivity index (χ3v) is 30.6. The van der Waals surface area contributed by atoms with Gasteiger partial charge in [0.15, 0.2) is 0 Å². The van der Waals surface area contributed by atoms with Gasteiger partial charge in [-0.3, -0.25) is 19.6 Å². The van der Waals surface area contributed by atoms with Crippen LogP contribution in [0.15, 0.2) is 97.1 Å². The van der Waals surface area contributed by atoms with Crippen molar-refractivity contribution in [2.24, 2.45) is 65.1 Å². The van der Waals surface area contributed by atoms with Crippen molar-refractivity contribution in [2.45, 2.75) is 539 Å². The van der Waals surface area contributed by atoms with E-state index in [0.717, 1.165) is 71.6 Å². The van der Waals surface area contributed by atoms with E-state index >= 15 is 0 Å². The van der Waals surface area contributed by atoms with Gasteiger partial charge in [0.05, 0.1) is 0 Å². The van der Waals surface area contributed by atoms with Crippen LogP contribution >= 0.6 is 0 Å². The van der Waals surface area contributed by atoms with E-state index in [1.54, 1.807) is 33.4 Å². The first-order chi connectivity index (χ1) is 61.3. The van der Waals surface area contributed by atoms with E-state index in [4.69, 9.17) is 0 Å². The molecule has 758 valence electrons. The molecule has 10 heteroatoms. The summed E-state index contributed by atoms with van der Waals surface area (Å²) in [5, 5.41) is 22.0. The number of fused-ring (bicyclic) bond motifs is 4. The lowest BCUT2D eigenvalue weighted by Crippen LogP contribution is -2.55. The number of likely N-dealkylation sites (tertiary alicyclic amines) is 2. The van der Waals surface area contributed by atoms with Crippen molar-refractivity contribution in [3.8, 4) is 0 Å². The molecule has 4 aliphatic heterocycles. The Morgan fingerprint density at radius 1 is 0.260 bits per heavy atom. The van der Waals surface area contributed by atoms with Crippen LogP contribution in [0.4, 0.5) is 0 Å². The predicted molar refractivity (Wildman–Crippen MR) is 585 cm³/mol. The van der Waals surface area contributed by atoms with E-state index in [9.17, 15) is 0 Å². The second kappa shape index (κ2) is 61.1. The van der Waals surface area contributed by atoms with Crippen molar-refractivity contribution in [1.82, 2.24) is 51.5 Å². The van der Waals surface area contributed by atoms with Crippen LogP contribution in [0.2, 0.25) is 0 Å². The van der Waals surface area contributed by atoms with Crippen molar-refractivity contribution < 1.29 is 0 Å². The SMILES string of the molecule is CC(C)NC1(C(C)C)CCCC1.CC(C)NC1(C(C)C)CCc2ccccc2C1.CC(C)NC1(C(C)C)Cc2ccccc2C1.CC(C)N[C@@H](C)C(C)C.CC(C)N[C@H](C(C)C)C1CCCCC1.CC(C)N[C@H](C)C(C)C.CC(C)[C@@H]1CCCN1C(C)C.CC(C)[C@@H]1c2ccccc2CCN1C(C)C.CC(C)[C@H]1CCCN1C(C)C.CC(C)[C@H]1c2ccccc2CCN1C(C)C. The summed E-state index contributed by atoms with van der Waals surface area (Å²) >= 11 is 0. The smallest absolute Gasteiger partial charge is 0.0376 e. The number of aryl methyl sites for hydroxylation is 1. The molecule has 4 aromatic rings. The third-order valence-electron chi connectivity index (χ3n) is 30.6. The lowest BCUT2D eigenvalue weighted by molar-refractivity contribution is 0.108. The molecule has 0 aromatic heterocycles. The lowest BCUT2D eigenvalue weighted by Gasteiger charge is -2.44. The van der Waals surface area contributed by atoms with Crippen molar-refractivity contribution in [3.05, 3.63) is 142 Å². The van der Waals surface area contributed by atoms with Gasteiger partial charge in [0.25, 0.3) is 0 Å². The van der Waals surface area contributed by atoms with Crippen LogP contribution in [0, 0.1) is 65.1 Å². The molecular weight excluding hydrogens is 1590 g/mol. The molecule has 4 aliphatic carbocycles. The van der Waals surface area contributed by atoms with Crippen molar-refractivity contribution >= 4 is 0 Å². The van der Waals surface area contributed by atoms with E-state index in [0.29, 0.717) is 107 Å². The average Bonchev–Trinajstić information content (AvgIpc) is 1.39. The fraction of sp³-hybridized carbons (Fsp3) is 0.802. The largest absolute Gasteiger partial charge is 0.312 e. The van der Waals surface area contributed by atoms with E-state index < -0.39 is 0 Å². The quantitative estimate of drug-likeness (QED) is 0.0347. The van der Waals surface area contributed by atoms with Gasteiger partial charge in [0.1, 0.15) is 0 Å². The number of nitrogens with zero attached hydrogens (tertiary/aromatic N) is 4. The van der Waals surface area contributed by atoms with Crippen LogP contribution < -0.4 is 31.9 Å². The molecule has 6 N–H and O–H groups in total. The molecular formula is C121H224N10. The Hall–Kier alpha value is -3.52. The van der Waals surface area contributed by atoms with Crippen molar-refractivity contribution in [3.63, 3.8) is 0 Å². The zero-order valence-electron chi connectivity index (χ0n) is 94.7.